The molecule has 1 aromatic carbocycles. The zero-order valence-electron chi connectivity index (χ0n) is 12.5. The average Bonchev–Trinajstić information content (AvgIpc) is 2.89. The molecule has 114 valence electrons. The SMILES string of the molecule is CC(C)CNC(=O)CC1CCc2cc3c(cc2O1)OCO3. The van der Waals surface area contributed by atoms with Crippen molar-refractivity contribution in [3.8, 4) is 17.2 Å². The van der Waals surface area contributed by atoms with E-state index in [9.17, 15) is 4.79 Å². The Morgan fingerprint density at radius 1 is 1.29 bits per heavy atom. The fraction of sp³-hybridized carbons (Fsp3) is 0.562. The summed E-state index contributed by atoms with van der Waals surface area (Å²) in [7, 11) is 0. The Labute approximate surface area is 124 Å². The molecular formula is C16H21NO4. The summed E-state index contributed by atoms with van der Waals surface area (Å²) in [5.74, 6) is 2.83. The molecule has 1 atom stereocenters. The van der Waals surface area contributed by atoms with E-state index in [0.717, 1.165) is 35.7 Å². The maximum absolute atomic E-state index is 11.9. The van der Waals surface area contributed by atoms with E-state index in [-0.39, 0.29) is 18.8 Å². The standard InChI is InChI=1S/C16H21NO4/c1-10(2)8-17-16(18)6-12-4-3-11-5-14-15(20-9-19-14)7-13(11)21-12/h5,7,10,12H,3-4,6,8-9H2,1-2H3,(H,17,18). The number of ether oxygens (including phenoxy) is 3. The molecule has 0 saturated heterocycles. The summed E-state index contributed by atoms with van der Waals surface area (Å²) in [5.41, 5.74) is 1.12. The van der Waals surface area contributed by atoms with E-state index < -0.39 is 0 Å². The Hall–Kier alpha value is -1.91. The van der Waals surface area contributed by atoms with E-state index in [2.05, 4.69) is 19.2 Å². The van der Waals surface area contributed by atoms with Crippen molar-refractivity contribution in [1.29, 1.82) is 0 Å². The molecule has 21 heavy (non-hydrogen) atoms. The zero-order valence-corrected chi connectivity index (χ0v) is 12.5. The minimum atomic E-state index is -0.0648. The monoisotopic (exact) mass is 291 g/mol. The van der Waals surface area contributed by atoms with Gasteiger partial charge in [-0.1, -0.05) is 13.8 Å². The molecule has 1 unspecified atom stereocenters. The fourth-order valence-corrected chi connectivity index (χ4v) is 2.57. The maximum atomic E-state index is 11.9. The van der Waals surface area contributed by atoms with Gasteiger partial charge in [-0.15, -0.1) is 0 Å². The lowest BCUT2D eigenvalue weighted by Crippen LogP contribution is -2.33. The maximum Gasteiger partial charge on any atom is 0.231 e. The number of carbonyl (C=O) groups excluding carboxylic acids is 1. The number of aryl methyl sites for hydroxylation is 1. The van der Waals surface area contributed by atoms with E-state index >= 15 is 0 Å². The van der Waals surface area contributed by atoms with Gasteiger partial charge < -0.3 is 19.5 Å². The van der Waals surface area contributed by atoms with Crippen molar-refractivity contribution >= 4 is 5.91 Å². The Morgan fingerprint density at radius 3 is 2.81 bits per heavy atom. The van der Waals surface area contributed by atoms with Crippen LogP contribution >= 0.6 is 0 Å². The predicted octanol–water partition coefficient (Wildman–Crippen LogP) is 2.27. The highest BCUT2D eigenvalue weighted by Gasteiger charge is 2.26. The second-order valence-electron chi connectivity index (χ2n) is 5.99. The fourth-order valence-electron chi connectivity index (χ4n) is 2.57. The first-order chi connectivity index (χ1) is 10.1. The van der Waals surface area contributed by atoms with Gasteiger partial charge in [-0.3, -0.25) is 4.79 Å². The number of carbonyl (C=O) groups is 1. The van der Waals surface area contributed by atoms with Gasteiger partial charge >= 0.3 is 0 Å². The van der Waals surface area contributed by atoms with E-state index in [1.54, 1.807) is 0 Å². The van der Waals surface area contributed by atoms with Crippen LogP contribution in [0.5, 0.6) is 17.2 Å². The number of hydrogen-bond acceptors (Lipinski definition) is 4. The summed E-state index contributed by atoms with van der Waals surface area (Å²) in [6.45, 7) is 5.13. The van der Waals surface area contributed by atoms with Crippen molar-refractivity contribution in [3.05, 3.63) is 17.7 Å². The lowest BCUT2D eigenvalue weighted by molar-refractivity contribution is -0.123. The van der Waals surface area contributed by atoms with Crippen LogP contribution in [0.2, 0.25) is 0 Å². The Kier molecular flexibility index (Phi) is 3.90. The van der Waals surface area contributed by atoms with E-state index in [1.165, 1.54) is 0 Å². The first-order valence-corrected chi connectivity index (χ1v) is 7.47. The van der Waals surface area contributed by atoms with Crippen molar-refractivity contribution < 1.29 is 19.0 Å². The van der Waals surface area contributed by atoms with E-state index in [1.807, 2.05) is 12.1 Å². The third kappa shape index (κ3) is 3.23. The van der Waals surface area contributed by atoms with Crippen LogP contribution in [-0.4, -0.2) is 25.3 Å². The second-order valence-corrected chi connectivity index (χ2v) is 5.99. The summed E-state index contributed by atoms with van der Waals surface area (Å²) in [6.07, 6.45) is 2.08. The first kappa shape index (κ1) is 14.0. The molecule has 0 aromatic heterocycles. The minimum Gasteiger partial charge on any atom is -0.489 e. The molecule has 5 nitrogen and oxygen atoms in total. The molecule has 3 rings (SSSR count). The summed E-state index contributed by atoms with van der Waals surface area (Å²) in [4.78, 5) is 11.9. The first-order valence-electron chi connectivity index (χ1n) is 7.47. The number of rotatable bonds is 4. The number of amides is 1. The van der Waals surface area contributed by atoms with Crippen molar-refractivity contribution in [3.63, 3.8) is 0 Å². The van der Waals surface area contributed by atoms with Crippen molar-refractivity contribution in [2.24, 2.45) is 5.92 Å². The molecule has 5 heteroatoms. The van der Waals surface area contributed by atoms with Crippen LogP contribution in [0, 0.1) is 5.92 Å². The van der Waals surface area contributed by atoms with Crippen LogP contribution in [0.4, 0.5) is 0 Å². The number of nitrogens with one attached hydrogen (secondary N) is 1. The molecule has 1 N–H and O–H groups in total. The Bertz CT molecular complexity index is 541. The molecule has 0 aliphatic carbocycles. The van der Waals surface area contributed by atoms with Gasteiger partial charge in [-0.05, 0) is 30.4 Å². The lowest BCUT2D eigenvalue weighted by atomic mass is 9.99. The minimum absolute atomic E-state index is 0.0536. The molecule has 0 saturated carbocycles. The molecule has 0 fully saturated rings. The third-order valence-corrected chi connectivity index (χ3v) is 3.71. The lowest BCUT2D eigenvalue weighted by Gasteiger charge is -2.26. The van der Waals surface area contributed by atoms with Gasteiger partial charge in [0.2, 0.25) is 12.7 Å². The normalized spacial score (nSPS) is 19.1. The molecule has 0 radical (unpaired) electrons. The molecular weight excluding hydrogens is 270 g/mol. The van der Waals surface area contributed by atoms with Crippen molar-refractivity contribution in [1.82, 2.24) is 5.32 Å². The van der Waals surface area contributed by atoms with Crippen LogP contribution in [0.15, 0.2) is 12.1 Å². The van der Waals surface area contributed by atoms with Crippen LogP contribution in [0.25, 0.3) is 0 Å². The van der Waals surface area contributed by atoms with Gasteiger partial charge in [-0.25, -0.2) is 0 Å². The third-order valence-electron chi connectivity index (χ3n) is 3.71. The van der Waals surface area contributed by atoms with Crippen molar-refractivity contribution in [2.75, 3.05) is 13.3 Å². The molecule has 0 spiro atoms. The van der Waals surface area contributed by atoms with Gasteiger partial charge in [0.05, 0.1) is 6.42 Å². The van der Waals surface area contributed by atoms with Gasteiger partial charge in [0.25, 0.3) is 0 Å². The molecule has 2 heterocycles. The van der Waals surface area contributed by atoms with Crippen LogP contribution in [0.3, 0.4) is 0 Å². The largest absolute Gasteiger partial charge is 0.489 e. The number of fused-ring (bicyclic) bond motifs is 2. The topological polar surface area (TPSA) is 56.8 Å². The highest BCUT2D eigenvalue weighted by molar-refractivity contribution is 5.76. The summed E-state index contributed by atoms with van der Waals surface area (Å²) >= 11 is 0. The van der Waals surface area contributed by atoms with Gasteiger partial charge in [-0.2, -0.15) is 0 Å². The number of hydrogen-bond donors (Lipinski definition) is 1. The Morgan fingerprint density at radius 2 is 2.05 bits per heavy atom. The quantitative estimate of drug-likeness (QED) is 0.924. The zero-order chi connectivity index (χ0) is 14.8. The van der Waals surface area contributed by atoms with Gasteiger partial charge in [0.1, 0.15) is 11.9 Å². The molecule has 2 aliphatic heterocycles. The van der Waals surface area contributed by atoms with Gasteiger partial charge in [0, 0.05) is 12.6 Å². The van der Waals surface area contributed by atoms with Crippen LogP contribution in [0.1, 0.15) is 32.3 Å². The second kappa shape index (κ2) is 5.84. The van der Waals surface area contributed by atoms with E-state index in [0.29, 0.717) is 18.9 Å². The van der Waals surface area contributed by atoms with Gasteiger partial charge in [0.15, 0.2) is 11.5 Å². The summed E-state index contributed by atoms with van der Waals surface area (Å²) in [6, 6.07) is 3.85. The molecule has 2 aliphatic rings. The summed E-state index contributed by atoms with van der Waals surface area (Å²) < 4.78 is 16.7. The highest BCUT2D eigenvalue weighted by atomic mass is 16.7. The molecule has 0 bridgehead atoms. The van der Waals surface area contributed by atoms with Crippen molar-refractivity contribution in [2.45, 2.75) is 39.2 Å². The van der Waals surface area contributed by atoms with Crippen LogP contribution in [-0.2, 0) is 11.2 Å². The predicted molar refractivity (Wildman–Crippen MR) is 77.8 cm³/mol. The van der Waals surface area contributed by atoms with E-state index in [4.69, 9.17) is 14.2 Å². The highest BCUT2D eigenvalue weighted by Crippen LogP contribution is 2.41. The number of benzene rings is 1. The molecule has 1 amide bonds. The summed E-state index contributed by atoms with van der Waals surface area (Å²) in [5, 5.41) is 2.93. The smallest absolute Gasteiger partial charge is 0.231 e. The Balaban J connectivity index is 1.61. The van der Waals surface area contributed by atoms with Crippen LogP contribution < -0.4 is 19.5 Å². The average molecular weight is 291 g/mol. The molecule has 1 aromatic rings.